The van der Waals surface area contributed by atoms with Gasteiger partial charge in [-0.1, -0.05) is 60.7 Å². The lowest BCUT2D eigenvalue weighted by Crippen LogP contribution is -2.06. The van der Waals surface area contributed by atoms with Crippen LogP contribution in [0.3, 0.4) is 0 Å². The Kier molecular flexibility index (Phi) is 6.00. The van der Waals surface area contributed by atoms with Crippen molar-refractivity contribution in [2.75, 3.05) is 0 Å². The molecule has 0 unspecified atom stereocenters. The second-order valence-electron chi connectivity index (χ2n) is 5.72. The van der Waals surface area contributed by atoms with Gasteiger partial charge in [-0.2, -0.15) is 5.26 Å². The van der Waals surface area contributed by atoms with Crippen molar-refractivity contribution in [3.8, 4) is 17.6 Å². The van der Waals surface area contributed by atoms with Gasteiger partial charge < -0.3 is 9.47 Å². The van der Waals surface area contributed by atoms with Crippen molar-refractivity contribution in [2.24, 2.45) is 0 Å². The fourth-order valence-corrected chi connectivity index (χ4v) is 2.40. The Morgan fingerprint density at radius 3 is 2.26 bits per heavy atom. The van der Waals surface area contributed by atoms with Crippen LogP contribution in [0.5, 0.6) is 11.5 Å². The number of benzene rings is 3. The molecule has 0 N–H and O–H groups in total. The second kappa shape index (κ2) is 9.02. The topological polar surface area (TPSA) is 59.3 Å². The Morgan fingerprint density at radius 1 is 0.889 bits per heavy atom. The zero-order valence-corrected chi connectivity index (χ0v) is 14.5. The SMILES string of the molecule is N#CC(=Cc1ccccc1)C(=O)OCc1cccc(Oc2ccccc2)c1. The van der Waals surface area contributed by atoms with E-state index in [1.165, 1.54) is 6.08 Å². The highest BCUT2D eigenvalue weighted by Gasteiger charge is 2.11. The minimum Gasteiger partial charge on any atom is -0.457 e. The number of esters is 1. The molecule has 0 heterocycles. The Bertz CT molecular complexity index is 973. The fraction of sp³-hybridized carbons (Fsp3) is 0.0435. The van der Waals surface area contributed by atoms with Gasteiger partial charge >= 0.3 is 5.97 Å². The van der Waals surface area contributed by atoms with Crippen LogP contribution in [0.2, 0.25) is 0 Å². The molecular formula is C23H17NO3. The number of carbonyl (C=O) groups excluding carboxylic acids is 1. The molecule has 0 aromatic heterocycles. The molecule has 132 valence electrons. The predicted octanol–water partition coefficient (Wildman–Crippen LogP) is 5.13. The summed E-state index contributed by atoms with van der Waals surface area (Å²) in [4.78, 5) is 12.2. The smallest absolute Gasteiger partial charge is 0.349 e. The molecule has 0 aliphatic rings. The van der Waals surface area contributed by atoms with Gasteiger partial charge in [0.25, 0.3) is 0 Å². The first-order chi connectivity index (χ1) is 13.2. The number of nitrogens with zero attached hydrogens (tertiary/aromatic N) is 1. The zero-order valence-electron chi connectivity index (χ0n) is 14.5. The lowest BCUT2D eigenvalue weighted by atomic mass is 10.1. The summed E-state index contributed by atoms with van der Waals surface area (Å²) in [5, 5.41) is 9.22. The molecule has 0 amide bonds. The third kappa shape index (κ3) is 5.32. The van der Waals surface area contributed by atoms with Crippen molar-refractivity contribution < 1.29 is 14.3 Å². The summed E-state index contributed by atoms with van der Waals surface area (Å²) < 4.78 is 11.0. The number of carbonyl (C=O) groups is 1. The van der Waals surface area contributed by atoms with E-state index < -0.39 is 5.97 Å². The Hall–Kier alpha value is -3.84. The minimum absolute atomic E-state index is 0.0436. The summed E-state index contributed by atoms with van der Waals surface area (Å²) in [7, 11) is 0. The molecule has 3 aromatic rings. The van der Waals surface area contributed by atoms with E-state index in [0.717, 1.165) is 16.9 Å². The van der Waals surface area contributed by atoms with E-state index >= 15 is 0 Å². The van der Waals surface area contributed by atoms with E-state index in [2.05, 4.69) is 0 Å². The second-order valence-corrected chi connectivity index (χ2v) is 5.72. The van der Waals surface area contributed by atoms with Gasteiger partial charge in [0.05, 0.1) is 0 Å². The van der Waals surface area contributed by atoms with Crippen LogP contribution < -0.4 is 4.74 Å². The molecule has 0 radical (unpaired) electrons. The summed E-state index contributed by atoms with van der Waals surface area (Å²) in [5.74, 6) is 0.718. The largest absolute Gasteiger partial charge is 0.457 e. The lowest BCUT2D eigenvalue weighted by molar-refractivity contribution is -0.139. The first-order valence-corrected chi connectivity index (χ1v) is 8.40. The van der Waals surface area contributed by atoms with Gasteiger partial charge in [0.15, 0.2) is 0 Å². The molecular weight excluding hydrogens is 338 g/mol. The van der Waals surface area contributed by atoms with Crippen LogP contribution in [0.4, 0.5) is 0 Å². The molecule has 0 saturated heterocycles. The Labute approximate surface area is 157 Å². The van der Waals surface area contributed by atoms with Gasteiger partial charge in [-0.25, -0.2) is 4.79 Å². The van der Waals surface area contributed by atoms with Crippen molar-refractivity contribution in [3.05, 3.63) is 102 Å². The third-order valence-electron chi connectivity index (χ3n) is 3.70. The quantitative estimate of drug-likeness (QED) is 0.349. The van der Waals surface area contributed by atoms with Crippen molar-refractivity contribution >= 4 is 12.0 Å². The highest BCUT2D eigenvalue weighted by Crippen LogP contribution is 2.22. The van der Waals surface area contributed by atoms with Gasteiger partial charge in [-0.3, -0.25) is 0 Å². The van der Waals surface area contributed by atoms with Crippen LogP contribution >= 0.6 is 0 Å². The molecule has 0 fully saturated rings. The normalized spacial score (nSPS) is 10.7. The van der Waals surface area contributed by atoms with Crippen LogP contribution in [0.15, 0.2) is 90.5 Å². The van der Waals surface area contributed by atoms with Crippen LogP contribution in [0.25, 0.3) is 6.08 Å². The van der Waals surface area contributed by atoms with Gasteiger partial charge in [0, 0.05) is 0 Å². The third-order valence-corrected chi connectivity index (χ3v) is 3.70. The van der Waals surface area contributed by atoms with E-state index in [0.29, 0.717) is 5.75 Å². The van der Waals surface area contributed by atoms with Gasteiger partial charge in [-0.15, -0.1) is 0 Å². The predicted molar refractivity (Wildman–Crippen MR) is 103 cm³/mol. The number of rotatable bonds is 6. The number of para-hydroxylation sites is 1. The average molecular weight is 355 g/mol. The molecule has 3 rings (SSSR count). The minimum atomic E-state index is -0.657. The van der Waals surface area contributed by atoms with Gasteiger partial charge in [0.2, 0.25) is 0 Å². The zero-order chi connectivity index (χ0) is 18.9. The Balaban J connectivity index is 1.64. The van der Waals surface area contributed by atoms with Crippen molar-refractivity contribution in [1.82, 2.24) is 0 Å². The van der Waals surface area contributed by atoms with Crippen molar-refractivity contribution in [3.63, 3.8) is 0 Å². The number of ether oxygens (including phenoxy) is 2. The van der Waals surface area contributed by atoms with Crippen molar-refractivity contribution in [1.29, 1.82) is 5.26 Å². The maximum Gasteiger partial charge on any atom is 0.349 e. The van der Waals surface area contributed by atoms with Gasteiger partial charge in [-0.05, 0) is 41.5 Å². The van der Waals surface area contributed by atoms with Crippen LogP contribution in [-0.4, -0.2) is 5.97 Å². The number of hydrogen-bond donors (Lipinski definition) is 0. The summed E-state index contributed by atoms with van der Waals surface area (Å²) in [5.41, 5.74) is 1.50. The lowest BCUT2D eigenvalue weighted by Gasteiger charge is -2.08. The molecule has 27 heavy (non-hydrogen) atoms. The highest BCUT2D eigenvalue weighted by molar-refractivity contribution is 5.97. The molecule has 4 nitrogen and oxygen atoms in total. The maximum atomic E-state index is 12.2. The molecule has 0 spiro atoms. The maximum absolute atomic E-state index is 12.2. The van der Waals surface area contributed by atoms with E-state index in [1.54, 1.807) is 6.07 Å². The standard InChI is InChI=1S/C23H17NO3/c24-16-20(14-18-8-3-1-4-9-18)23(25)26-17-19-10-7-13-22(15-19)27-21-11-5-2-6-12-21/h1-15H,17H2. The van der Waals surface area contributed by atoms with Crippen molar-refractivity contribution in [2.45, 2.75) is 6.61 Å². The average Bonchev–Trinajstić information content (AvgIpc) is 2.72. The molecule has 3 aromatic carbocycles. The molecule has 0 bridgehead atoms. The molecule has 4 heteroatoms. The fourth-order valence-electron chi connectivity index (χ4n) is 2.40. The summed E-state index contributed by atoms with van der Waals surface area (Å²) in [6.45, 7) is 0.0542. The van der Waals surface area contributed by atoms with Crippen LogP contribution in [0, 0.1) is 11.3 Å². The van der Waals surface area contributed by atoms with Crippen LogP contribution in [-0.2, 0) is 16.1 Å². The van der Waals surface area contributed by atoms with E-state index in [1.807, 2.05) is 84.9 Å². The number of hydrogen-bond acceptors (Lipinski definition) is 4. The molecule has 0 saturated carbocycles. The van der Waals surface area contributed by atoms with E-state index in [9.17, 15) is 10.1 Å². The molecule has 0 aliphatic carbocycles. The van der Waals surface area contributed by atoms with Crippen LogP contribution in [0.1, 0.15) is 11.1 Å². The summed E-state index contributed by atoms with van der Waals surface area (Å²) >= 11 is 0. The number of nitriles is 1. The monoisotopic (exact) mass is 355 g/mol. The van der Waals surface area contributed by atoms with E-state index in [4.69, 9.17) is 9.47 Å². The summed E-state index contributed by atoms with van der Waals surface area (Å²) in [6, 6.07) is 27.8. The first-order valence-electron chi connectivity index (χ1n) is 8.40. The first kappa shape index (κ1) is 18.0. The van der Waals surface area contributed by atoms with Gasteiger partial charge in [0.1, 0.15) is 29.7 Å². The molecule has 0 atom stereocenters. The highest BCUT2D eigenvalue weighted by atomic mass is 16.5. The Morgan fingerprint density at radius 2 is 1.56 bits per heavy atom. The summed E-state index contributed by atoms with van der Waals surface area (Å²) in [6.07, 6.45) is 1.51. The molecule has 0 aliphatic heterocycles. The van der Waals surface area contributed by atoms with E-state index in [-0.39, 0.29) is 12.2 Å².